The molecule has 3 rings (SSSR count). The summed E-state index contributed by atoms with van der Waals surface area (Å²) >= 11 is 4.19. The highest BCUT2D eigenvalue weighted by atomic mass is 32.2. The summed E-state index contributed by atoms with van der Waals surface area (Å²) in [6, 6.07) is 8.44. The Kier molecular flexibility index (Phi) is 18.3. The fraction of sp³-hybridized carbons (Fsp3) is 0.767. The number of rotatable bonds is 3. The van der Waals surface area contributed by atoms with Gasteiger partial charge in [0.05, 0.1) is 0 Å². The van der Waals surface area contributed by atoms with Crippen molar-refractivity contribution >= 4 is 29.4 Å². The van der Waals surface area contributed by atoms with Crippen LogP contribution in [0.4, 0.5) is 0 Å². The molecule has 39 heavy (non-hydrogen) atoms. The molecule has 0 atom stereocenters. The van der Waals surface area contributed by atoms with Gasteiger partial charge in [-0.15, -0.1) is 0 Å². The van der Waals surface area contributed by atoms with Crippen LogP contribution in [0.25, 0.3) is 0 Å². The van der Waals surface area contributed by atoms with Gasteiger partial charge in [-0.25, -0.2) is 0 Å². The molecule has 1 aromatic carbocycles. The first-order valence-electron chi connectivity index (χ1n) is 15.4. The molecule has 0 bridgehead atoms. The molecule has 0 aliphatic carbocycles. The van der Waals surface area contributed by atoms with E-state index in [1.165, 1.54) is 54.3 Å². The summed E-state index contributed by atoms with van der Waals surface area (Å²) in [5, 5.41) is 14.1. The molecule has 0 unspecified atom stereocenters. The number of amides is 1. The molecule has 2 aliphatic rings. The van der Waals surface area contributed by atoms with Crippen LogP contribution in [0, 0.1) is 0 Å². The van der Waals surface area contributed by atoms with Crippen molar-refractivity contribution in [2.24, 2.45) is 0 Å². The zero-order valence-corrected chi connectivity index (χ0v) is 25.8. The van der Waals surface area contributed by atoms with Crippen LogP contribution < -0.4 is 21.3 Å². The lowest BCUT2D eigenvalue weighted by atomic mass is 10.1. The zero-order valence-electron chi connectivity index (χ0n) is 24.2. The Morgan fingerprint density at radius 2 is 1.23 bits per heavy atom. The number of nitrogens with one attached hydrogen (secondary N) is 4. The SMILES string of the molecule is O=C(c1cccc(CN2CCCSCCCNCCCSCCC2)c1)N1CCCNCCNCCCNCC1. The lowest BCUT2D eigenvalue weighted by Crippen LogP contribution is -2.40. The predicted molar refractivity (Wildman–Crippen MR) is 171 cm³/mol. The van der Waals surface area contributed by atoms with Crippen molar-refractivity contribution in [2.75, 3.05) is 102 Å². The van der Waals surface area contributed by atoms with E-state index in [0.717, 1.165) is 103 Å². The Bertz CT molecular complexity index is 741. The van der Waals surface area contributed by atoms with Crippen LogP contribution in [-0.2, 0) is 6.54 Å². The first-order chi connectivity index (χ1) is 19.3. The van der Waals surface area contributed by atoms with Crippen LogP contribution in [0.2, 0.25) is 0 Å². The first kappa shape index (κ1) is 32.7. The van der Waals surface area contributed by atoms with Gasteiger partial charge in [-0.05, 0) is 125 Å². The normalized spacial score (nSPS) is 22.1. The average molecular weight is 579 g/mol. The van der Waals surface area contributed by atoms with E-state index in [4.69, 9.17) is 0 Å². The third kappa shape index (κ3) is 15.1. The molecule has 2 saturated heterocycles. The first-order valence-corrected chi connectivity index (χ1v) is 17.7. The molecule has 0 aromatic heterocycles. The lowest BCUT2D eigenvalue weighted by Gasteiger charge is -2.25. The number of carbonyl (C=O) groups excluding carboxylic acids is 1. The summed E-state index contributed by atoms with van der Waals surface area (Å²) < 4.78 is 0. The van der Waals surface area contributed by atoms with E-state index in [1.54, 1.807) is 0 Å². The van der Waals surface area contributed by atoms with E-state index in [9.17, 15) is 4.79 Å². The van der Waals surface area contributed by atoms with Crippen LogP contribution in [0.5, 0.6) is 0 Å². The van der Waals surface area contributed by atoms with Crippen molar-refractivity contribution in [1.82, 2.24) is 31.1 Å². The maximum atomic E-state index is 13.6. The molecule has 7 nitrogen and oxygen atoms in total. The van der Waals surface area contributed by atoms with Crippen molar-refractivity contribution in [3.05, 3.63) is 35.4 Å². The minimum atomic E-state index is 0.169. The molecule has 2 heterocycles. The summed E-state index contributed by atoms with van der Waals surface area (Å²) in [6.07, 6.45) is 7.09. The fourth-order valence-electron chi connectivity index (χ4n) is 5.04. The summed E-state index contributed by atoms with van der Waals surface area (Å²) in [5.74, 6) is 5.15. The molecule has 1 aromatic rings. The van der Waals surface area contributed by atoms with Crippen LogP contribution in [0.1, 0.15) is 54.4 Å². The number of thioether (sulfide) groups is 2. The molecule has 0 saturated carbocycles. The van der Waals surface area contributed by atoms with Crippen LogP contribution >= 0.6 is 23.5 Å². The Morgan fingerprint density at radius 3 is 1.95 bits per heavy atom. The highest BCUT2D eigenvalue weighted by molar-refractivity contribution is 7.99. The Balaban J connectivity index is 1.55. The van der Waals surface area contributed by atoms with Crippen molar-refractivity contribution in [3.8, 4) is 0 Å². The second-order valence-corrected chi connectivity index (χ2v) is 13.1. The van der Waals surface area contributed by atoms with Gasteiger partial charge in [0.1, 0.15) is 0 Å². The van der Waals surface area contributed by atoms with E-state index in [2.05, 4.69) is 67.9 Å². The van der Waals surface area contributed by atoms with Crippen molar-refractivity contribution in [3.63, 3.8) is 0 Å². The minimum Gasteiger partial charge on any atom is -0.337 e. The number of hydrogen-bond donors (Lipinski definition) is 4. The minimum absolute atomic E-state index is 0.169. The predicted octanol–water partition coefficient (Wildman–Crippen LogP) is 3.12. The van der Waals surface area contributed by atoms with Gasteiger partial charge in [-0.1, -0.05) is 12.1 Å². The molecule has 0 spiro atoms. The van der Waals surface area contributed by atoms with Crippen molar-refractivity contribution in [1.29, 1.82) is 0 Å². The molecule has 4 N–H and O–H groups in total. The van der Waals surface area contributed by atoms with Gasteiger partial charge in [0.2, 0.25) is 0 Å². The maximum Gasteiger partial charge on any atom is 0.253 e. The summed E-state index contributed by atoms with van der Waals surface area (Å²) in [4.78, 5) is 18.3. The highest BCUT2D eigenvalue weighted by Gasteiger charge is 2.16. The molecule has 2 aliphatic heterocycles. The van der Waals surface area contributed by atoms with Gasteiger partial charge >= 0.3 is 0 Å². The van der Waals surface area contributed by atoms with Gasteiger partial charge in [-0.2, -0.15) is 23.5 Å². The van der Waals surface area contributed by atoms with Gasteiger partial charge < -0.3 is 26.2 Å². The van der Waals surface area contributed by atoms with Gasteiger partial charge in [0.25, 0.3) is 5.91 Å². The molecule has 0 radical (unpaired) electrons. The number of benzene rings is 1. The smallest absolute Gasteiger partial charge is 0.253 e. The van der Waals surface area contributed by atoms with Crippen LogP contribution in [-0.4, -0.2) is 117 Å². The average Bonchev–Trinajstić information content (AvgIpc) is 2.95. The molecular formula is C30H54N6OS2. The number of hydrogen-bond acceptors (Lipinski definition) is 8. The van der Waals surface area contributed by atoms with E-state index in [-0.39, 0.29) is 5.91 Å². The van der Waals surface area contributed by atoms with Gasteiger partial charge in [0, 0.05) is 44.8 Å². The second-order valence-electron chi connectivity index (χ2n) is 10.6. The molecule has 9 heteroatoms. The summed E-state index contributed by atoms with van der Waals surface area (Å²) in [7, 11) is 0. The molecule has 222 valence electrons. The second kappa shape index (κ2) is 21.9. The van der Waals surface area contributed by atoms with Crippen LogP contribution in [0.15, 0.2) is 24.3 Å². The monoisotopic (exact) mass is 578 g/mol. The maximum absolute atomic E-state index is 13.6. The van der Waals surface area contributed by atoms with E-state index < -0.39 is 0 Å². The van der Waals surface area contributed by atoms with E-state index in [0.29, 0.717) is 0 Å². The fourth-order valence-corrected chi connectivity index (χ4v) is 6.81. The highest BCUT2D eigenvalue weighted by Crippen LogP contribution is 2.14. The summed E-state index contributed by atoms with van der Waals surface area (Å²) in [6.45, 7) is 12.9. The van der Waals surface area contributed by atoms with Crippen molar-refractivity contribution in [2.45, 2.75) is 45.1 Å². The lowest BCUT2D eigenvalue weighted by molar-refractivity contribution is 0.0754. The largest absolute Gasteiger partial charge is 0.337 e. The van der Waals surface area contributed by atoms with Crippen molar-refractivity contribution < 1.29 is 4.79 Å². The standard InChI is InChI=1S/C30H54N6OS2/c37-30(36-20-3-12-33-16-15-32-10-2-11-34-17-21-36)29-9-1-8-28(26-29)27-35-18-6-24-38-22-4-13-31-14-5-23-39-25-7-19-35/h1,8-9,26,31-34H,2-7,10-25,27H2. The molecule has 2 fully saturated rings. The number of carbonyl (C=O) groups is 1. The topological polar surface area (TPSA) is 71.7 Å². The van der Waals surface area contributed by atoms with Gasteiger partial charge in [0.15, 0.2) is 0 Å². The quantitative estimate of drug-likeness (QED) is 0.436. The summed E-state index contributed by atoms with van der Waals surface area (Å²) in [5.41, 5.74) is 2.09. The zero-order chi connectivity index (χ0) is 27.2. The number of nitrogens with zero attached hydrogens (tertiary/aromatic N) is 2. The third-order valence-corrected chi connectivity index (χ3v) is 9.51. The van der Waals surface area contributed by atoms with E-state index >= 15 is 0 Å². The Labute approximate surface area is 246 Å². The Morgan fingerprint density at radius 1 is 0.641 bits per heavy atom. The third-order valence-electron chi connectivity index (χ3n) is 7.20. The Hall–Kier alpha value is -0.810. The van der Waals surface area contributed by atoms with Crippen LogP contribution in [0.3, 0.4) is 0 Å². The molecule has 1 amide bonds. The molecular weight excluding hydrogens is 525 g/mol. The van der Waals surface area contributed by atoms with Gasteiger partial charge in [-0.3, -0.25) is 9.69 Å². The van der Waals surface area contributed by atoms with E-state index in [1.807, 2.05) is 11.0 Å².